The number of aromatic amines is 2. The van der Waals surface area contributed by atoms with Crippen LogP contribution >= 0.6 is 0 Å². The highest BCUT2D eigenvalue weighted by molar-refractivity contribution is 5.80. The Labute approximate surface area is 194 Å². The Morgan fingerprint density at radius 2 is 1.71 bits per heavy atom. The predicted molar refractivity (Wildman–Crippen MR) is 129 cm³/mol. The first kappa shape index (κ1) is 21.5. The van der Waals surface area contributed by atoms with Gasteiger partial charge in [-0.25, -0.2) is 9.78 Å². The number of nitrogens with zero attached hydrogens (tertiary/aromatic N) is 6. The van der Waals surface area contributed by atoms with Gasteiger partial charge in [-0.05, 0) is 28.8 Å². The molecule has 0 spiro atoms. The van der Waals surface area contributed by atoms with Gasteiger partial charge in [0.2, 0.25) is 5.82 Å². The summed E-state index contributed by atoms with van der Waals surface area (Å²) in [6.45, 7) is 6.80. The maximum absolute atomic E-state index is 12.8. The quantitative estimate of drug-likeness (QED) is 0.404. The van der Waals surface area contributed by atoms with Gasteiger partial charge in [-0.15, -0.1) is 10.2 Å². The lowest BCUT2D eigenvalue weighted by Gasteiger charge is -2.12. The van der Waals surface area contributed by atoms with Gasteiger partial charge in [0.05, 0.1) is 0 Å². The number of nitrogens with one attached hydrogen (secondary N) is 2. The SMILES string of the molecule is CCn1c(=O)[nH]c(=O)c2c1nc(C(C)C)n2Cc1ccc(-c2ccccc2-c2nn[nH]n2)cc1. The molecule has 3 aromatic heterocycles. The van der Waals surface area contributed by atoms with Crippen molar-refractivity contribution in [1.29, 1.82) is 0 Å². The molecule has 172 valence electrons. The first-order valence-corrected chi connectivity index (χ1v) is 11.1. The molecule has 0 amide bonds. The maximum Gasteiger partial charge on any atom is 0.330 e. The zero-order chi connectivity index (χ0) is 23.8. The van der Waals surface area contributed by atoms with Crippen molar-refractivity contribution in [3.63, 3.8) is 0 Å². The van der Waals surface area contributed by atoms with Gasteiger partial charge in [0.25, 0.3) is 5.56 Å². The molecular formula is C24H24N8O2. The molecular weight excluding hydrogens is 432 g/mol. The first-order valence-electron chi connectivity index (χ1n) is 11.1. The predicted octanol–water partition coefficient (Wildman–Crippen LogP) is 2.93. The van der Waals surface area contributed by atoms with Crippen LogP contribution in [0.15, 0.2) is 58.1 Å². The average Bonchev–Trinajstić information content (AvgIpc) is 3.49. The highest BCUT2D eigenvalue weighted by Crippen LogP contribution is 2.30. The van der Waals surface area contributed by atoms with Gasteiger partial charge in [0.1, 0.15) is 5.82 Å². The highest BCUT2D eigenvalue weighted by atomic mass is 16.2. The van der Waals surface area contributed by atoms with Crippen LogP contribution in [0.2, 0.25) is 0 Å². The van der Waals surface area contributed by atoms with Crippen molar-refractivity contribution >= 4 is 11.2 Å². The summed E-state index contributed by atoms with van der Waals surface area (Å²) in [5.74, 6) is 1.38. The minimum Gasteiger partial charge on any atom is -0.317 e. The van der Waals surface area contributed by atoms with Gasteiger partial charge in [0, 0.05) is 24.6 Å². The summed E-state index contributed by atoms with van der Waals surface area (Å²) in [5.41, 5.74) is 3.88. The van der Waals surface area contributed by atoms with Crippen molar-refractivity contribution in [2.45, 2.75) is 39.8 Å². The van der Waals surface area contributed by atoms with E-state index in [0.717, 1.165) is 28.1 Å². The largest absolute Gasteiger partial charge is 0.330 e. The third kappa shape index (κ3) is 3.62. The summed E-state index contributed by atoms with van der Waals surface area (Å²) in [4.78, 5) is 32.1. The van der Waals surface area contributed by atoms with E-state index in [9.17, 15) is 9.59 Å². The Kier molecular flexibility index (Phi) is 5.40. The minimum atomic E-state index is -0.440. The lowest BCUT2D eigenvalue weighted by atomic mass is 9.98. The topological polar surface area (TPSA) is 127 Å². The molecule has 10 nitrogen and oxygen atoms in total. The van der Waals surface area contributed by atoms with E-state index in [4.69, 9.17) is 0 Å². The molecule has 0 aliphatic heterocycles. The lowest BCUT2D eigenvalue weighted by molar-refractivity contribution is 0.681. The summed E-state index contributed by atoms with van der Waals surface area (Å²) in [6, 6.07) is 16.0. The van der Waals surface area contributed by atoms with Crippen LogP contribution in [-0.2, 0) is 13.1 Å². The van der Waals surface area contributed by atoms with Gasteiger partial charge in [-0.1, -0.05) is 62.4 Å². The van der Waals surface area contributed by atoms with Gasteiger partial charge in [0.15, 0.2) is 11.2 Å². The number of fused-ring (bicyclic) bond motifs is 1. The van der Waals surface area contributed by atoms with Gasteiger partial charge >= 0.3 is 5.69 Å². The summed E-state index contributed by atoms with van der Waals surface area (Å²) in [7, 11) is 0. The average molecular weight is 457 g/mol. The molecule has 34 heavy (non-hydrogen) atoms. The third-order valence-corrected chi connectivity index (χ3v) is 5.87. The summed E-state index contributed by atoms with van der Waals surface area (Å²) >= 11 is 0. The van der Waals surface area contributed by atoms with Crippen LogP contribution in [0.5, 0.6) is 0 Å². The van der Waals surface area contributed by atoms with Crippen molar-refractivity contribution < 1.29 is 0 Å². The van der Waals surface area contributed by atoms with Crippen LogP contribution in [0.4, 0.5) is 0 Å². The fraction of sp³-hybridized carbons (Fsp3) is 0.250. The molecule has 0 atom stereocenters. The Morgan fingerprint density at radius 1 is 0.971 bits per heavy atom. The highest BCUT2D eigenvalue weighted by Gasteiger charge is 2.20. The van der Waals surface area contributed by atoms with Gasteiger partial charge in [-0.3, -0.25) is 14.3 Å². The Bertz CT molecular complexity index is 1570. The molecule has 0 saturated carbocycles. The van der Waals surface area contributed by atoms with Crippen LogP contribution in [-0.4, -0.2) is 39.7 Å². The zero-order valence-corrected chi connectivity index (χ0v) is 19.1. The van der Waals surface area contributed by atoms with Crippen LogP contribution in [0.1, 0.15) is 38.1 Å². The molecule has 0 aliphatic rings. The van der Waals surface area contributed by atoms with E-state index in [1.54, 1.807) is 0 Å². The molecule has 2 N–H and O–H groups in total. The zero-order valence-electron chi connectivity index (χ0n) is 19.1. The Hall–Kier alpha value is -4.34. The molecule has 5 aromatic rings. The molecule has 0 saturated heterocycles. The maximum atomic E-state index is 12.8. The van der Waals surface area contributed by atoms with E-state index in [1.165, 1.54) is 4.57 Å². The van der Waals surface area contributed by atoms with Crippen LogP contribution in [0.3, 0.4) is 0 Å². The molecule has 0 fully saturated rings. The number of tetrazole rings is 1. The normalized spacial score (nSPS) is 11.5. The molecule has 2 aromatic carbocycles. The number of aromatic nitrogens is 8. The van der Waals surface area contributed by atoms with E-state index < -0.39 is 11.2 Å². The Morgan fingerprint density at radius 3 is 2.35 bits per heavy atom. The summed E-state index contributed by atoms with van der Waals surface area (Å²) in [6.07, 6.45) is 0. The number of rotatable bonds is 6. The van der Waals surface area contributed by atoms with Crippen LogP contribution in [0, 0.1) is 0 Å². The second kappa shape index (κ2) is 8.54. The number of hydrogen-bond donors (Lipinski definition) is 2. The summed E-state index contributed by atoms with van der Waals surface area (Å²) < 4.78 is 3.41. The van der Waals surface area contributed by atoms with Crippen molar-refractivity contribution in [3.8, 4) is 22.5 Å². The Balaban J connectivity index is 1.56. The van der Waals surface area contributed by atoms with Gasteiger partial charge < -0.3 is 4.57 Å². The number of H-pyrrole nitrogens is 2. The fourth-order valence-electron chi connectivity index (χ4n) is 4.26. The van der Waals surface area contributed by atoms with Crippen molar-refractivity contribution in [3.05, 3.63) is 80.8 Å². The number of hydrogen-bond acceptors (Lipinski definition) is 6. The monoisotopic (exact) mass is 456 g/mol. The molecule has 0 bridgehead atoms. The second-order valence-corrected chi connectivity index (χ2v) is 8.36. The van der Waals surface area contributed by atoms with E-state index in [0.29, 0.717) is 30.1 Å². The third-order valence-electron chi connectivity index (χ3n) is 5.87. The second-order valence-electron chi connectivity index (χ2n) is 8.36. The van der Waals surface area contributed by atoms with Crippen molar-refractivity contribution in [1.82, 2.24) is 39.7 Å². The molecule has 5 rings (SSSR count). The van der Waals surface area contributed by atoms with Crippen LogP contribution < -0.4 is 11.2 Å². The van der Waals surface area contributed by atoms with Crippen molar-refractivity contribution in [2.75, 3.05) is 0 Å². The minimum absolute atomic E-state index is 0.0771. The number of imidazole rings is 1. The molecule has 0 radical (unpaired) electrons. The number of benzene rings is 2. The molecule has 10 heteroatoms. The van der Waals surface area contributed by atoms with Gasteiger partial charge in [-0.2, -0.15) is 5.21 Å². The van der Waals surface area contributed by atoms with E-state index in [1.807, 2.05) is 73.9 Å². The van der Waals surface area contributed by atoms with E-state index in [-0.39, 0.29) is 5.92 Å². The fourth-order valence-corrected chi connectivity index (χ4v) is 4.26. The van der Waals surface area contributed by atoms with E-state index >= 15 is 0 Å². The molecule has 3 heterocycles. The first-order chi connectivity index (χ1) is 16.5. The van der Waals surface area contributed by atoms with E-state index in [2.05, 4.69) is 30.6 Å². The van der Waals surface area contributed by atoms with Crippen LogP contribution in [0.25, 0.3) is 33.7 Å². The smallest absolute Gasteiger partial charge is 0.317 e. The molecule has 0 aliphatic carbocycles. The molecule has 0 unspecified atom stereocenters. The lowest BCUT2D eigenvalue weighted by Crippen LogP contribution is -2.30. The van der Waals surface area contributed by atoms with Crippen molar-refractivity contribution in [2.24, 2.45) is 0 Å². The standard InChI is InChI=1S/C24H24N8O2/c1-4-31-22-19(23(33)26-24(31)34)32(21(25-22)14(2)3)13-15-9-11-16(12-10-15)17-7-5-6-8-18(17)20-27-29-30-28-20/h5-12,14H,4,13H2,1-3H3,(H,26,33,34)(H,27,28,29,30). The number of aryl methyl sites for hydroxylation is 1. The summed E-state index contributed by atoms with van der Waals surface area (Å²) in [5, 5.41) is 14.4.